The average Bonchev–Trinajstić information content (AvgIpc) is 2.65. The summed E-state index contributed by atoms with van der Waals surface area (Å²) in [6.07, 6.45) is 2.66. The largest absolute Gasteiger partial charge is 0.481 e. The van der Waals surface area contributed by atoms with Gasteiger partial charge in [-0.2, -0.15) is 0 Å². The van der Waals surface area contributed by atoms with Crippen molar-refractivity contribution in [2.24, 2.45) is 11.8 Å². The van der Waals surface area contributed by atoms with Crippen LogP contribution in [0.2, 0.25) is 0 Å². The Hall–Kier alpha value is -2.09. The Bertz CT molecular complexity index is 756. The Balaban J connectivity index is 1.85. The Morgan fingerprint density at radius 3 is 2.32 bits per heavy atom. The first-order valence-corrected chi connectivity index (χ1v) is 11.4. The maximum Gasteiger partial charge on any atom is 0.319 e. The highest BCUT2D eigenvalue weighted by atomic mass is 32.2. The van der Waals surface area contributed by atoms with Gasteiger partial charge in [0, 0.05) is 27.2 Å². The molecule has 1 fully saturated rings. The van der Waals surface area contributed by atoms with Gasteiger partial charge in [0.1, 0.15) is 0 Å². The summed E-state index contributed by atoms with van der Waals surface area (Å²) in [5.74, 6) is -2.10. The van der Waals surface area contributed by atoms with E-state index in [0.717, 1.165) is 12.8 Å². The molecule has 0 aliphatic carbocycles. The number of benzene rings is 1. The van der Waals surface area contributed by atoms with E-state index in [1.807, 2.05) is 6.07 Å². The molecule has 1 heterocycles. The SMILES string of the molecule is CN(C)C(=O)N1CCC(CC[C@@H](CS(=O)(=O)Cc2ccccc2)C(=O)O)CC1. The highest BCUT2D eigenvalue weighted by Crippen LogP contribution is 2.25. The van der Waals surface area contributed by atoms with Crippen molar-refractivity contribution in [2.45, 2.75) is 31.4 Å². The van der Waals surface area contributed by atoms with Gasteiger partial charge in [-0.25, -0.2) is 13.2 Å². The lowest BCUT2D eigenvalue weighted by atomic mass is 9.89. The monoisotopic (exact) mass is 410 g/mol. The van der Waals surface area contributed by atoms with Crippen LogP contribution in [-0.4, -0.2) is 68.3 Å². The summed E-state index contributed by atoms with van der Waals surface area (Å²) in [7, 11) is -0.0526. The average molecular weight is 411 g/mol. The van der Waals surface area contributed by atoms with Crippen LogP contribution in [0.5, 0.6) is 0 Å². The smallest absolute Gasteiger partial charge is 0.319 e. The fourth-order valence-corrected chi connectivity index (χ4v) is 5.34. The molecule has 2 rings (SSSR count). The molecule has 2 amide bonds. The number of likely N-dealkylation sites (tertiary alicyclic amines) is 1. The number of carbonyl (C=O) groups excluding carboxylic acids is 1. The maximum atomic E-state index is 12.4. The third-order valence-electron chi connectivity index (χ3n) is 5.22. The first-order chi connectivity index (χ1) is 13.2. The van der Waals surface area contributed by atoms with Gasteiger partial charge in [0.25, 0.3) is 0 Å². The zero-order valence-corrected chi connectivity index (χ0v) is 17.4. The van der Waals surface area contributed by atoms with Crippen molar-refractivity contribution < 1.29 is 23.1 Å². The van der Waals surface area contributed by atoms with Crippen LogP contribution in [0.25, 0.3) is 0 Å². The number of carboxylic acid groups (broad SMARTS) is 1. The fraction of sp³-hybridized carbons (Fsp3) is 0.600. The minimum absolute atomic E-state index is 0.00568. The van der Waals surface area contributed by atoms with Crippen LogP contribution in [0.1, 0.15) is 31.2 Å². The standard InChI is InChI=1S/C20H30N2O5S/c1-21(2)20(25)22-12-10-16(11-13-22)8-9-18(19(23)24)15-28(26,27)14-17-6-4-3-5-7-17/h3-7,16,18H,8-15H2,1-2H3,(H,23,24)/t18-/m0/s1. The number of amides is 2. The van der Waals surface area contributed by atoms with E-state index in [1.54, 1.807) is 48.2 Å². The van der Waals surface area contributed by atoms with Gasteiger partial charge in [-0.05, 0) is 37.2 Å². The predicted molar refractivity (Wildman–Crippen MR) is 108 cm³/mol. The molecule has 1 aliphatic heterocycles. The number of urea groups is 1. The first kappa shape index (κ1) is 22.2. The summed E-state index contributed by atoms with van der Waals surface area (Å²) in [6, 6.07) is 8.81. The minimum Gasteiger partial charge on any atom is -0.481 e. The fourth-order valence-electron chi connectivity index (χ4n) is 3.60. The number of carbonyl (C=O) groups is 2. The van der Waals surface area contributed by atoms with E-state index in [2.05, 4.69) is 0 Å². The van der Waals surface area contributed by atoms with Gasteiger partial charge >= 0.3 is 12.0 Å². The maximum absolute atomic E-state index is 12.4. The number of piperidine rings is 1. The molecule has 0 unspecified atom stereocenters. The summed E-state index contributed by atoms with van der Waals surface area (Å²) in [4.78, 5) is 26.9. The van der Waals surface area contributed by atoms with Crippen molar-refractivity contribution in [3.63, 3.8) is 0 Å². The number of aliphatic carboxylic acids is 1. The second kappa shape index (κ2) is 9.91. The molecule has 0 radical (unpaired) electrons. The molecule has 8 heteroatoms. The van der Waals surface area contributed by atoms with E-state index in [0.29, 0.717) is 37.4 Å². The van der Waals surface area contributed by atoms with Gasteiger partial charge < -0.3 is 14.9 Å². The number of rotatable bonds is 8. The molecule has 0 saturated carbocycles. The van der Waals surface area contributed by atoms with Crippen molar-refractivity contribution in [1.29, 1.82) is 0 Å². The molecule has 1 aromatic rings. The third-order valence-corrected chi connectivity index (χ3v) is 6.91. The van der Waals surface area contributed by atoms with Gasteiger partial charge in [-0.3, -0.25) is 4.79 Å². The van der Waals surface area contributed by atoms with E-state index in [4.69, 9.17) is 0 Å². The summed E-state index contributed by atoms with van der Waals surface area (Å²) >= 11 is 0. The molecule has 1 N–H and O–H groups in total. The minimum atomic E-state index is -3.50. The number of hydrogen-bond donors (Lipinski definition) is 1. The molecule has 1 atom stereocenters. The van der Waals surface area contributed by atoms with Gasteiger partial charge in [0.15, 0.2) is 9.84 Å². The summed E-state index contributed by atoms with van der Waals surface area (Å²) in [6.45, 7) is 1.32. The number of carboxylic acids is 1. The zero-order chi connectivity index (χ0) is 20.7. The van der Waals surface area contributed by atoms with Crippen LogP contribution in [0.3, 0.4) is 0 Å². The second-order valence-electron chi connectivity index (χ2n) is 7.76. The van der Waals surface area contributed by atoms with Crippen LogP contribution in [0.4, 0.5) is 4.79 Å². The van der Waals surface area contributed by atoms with E-state index >= 15 is 0 Å². The van der Waals surface area contributed by atoms with Gasteiger partial charge in [-0.15, -0.1) is 0 Å². The van der Waals surface area contributed by atoms with Crippen molar-refractivity contribution in [3.05, 3.63) is 35.9 Å². The molecule has 0 spiro atoms. The van der Waals surface area contributed by atoms with Crippen molar-refractivity contribution >= 4 is 21.8 Å². The topological polar surface area (TPSA) is 95.0 Å². The lowest BCUT2D eigenvalue weighted by molar-refractivity contribution is -0.141. The van der Waals surface area contributed by atoms with Gasteiger partial charge in [-0.1, -0.05) is 30.3 Å². The van der Waals surface area contributed by atoms with Crippen LogP contribution >= 0.6 is 0 Å². The van der Waals surface area contributed by atoms with E-state index < -0.39 is 21.7 Å². The summed E-state index contributed by atoms with van der Waals surface area (Å²) in [5, 5.41) is 9.49. The first-order valence-electron chi connectivity index (χ1n) is 9.61. The third kappa shape index (κ3) is 6.82. The number of nitrogens with zero attached hydrogens (tertiary/aromatic N) is 2. The van der Waals surface area contributed by atoms with Crippen LogP contribution in [0, 0.1) is 11.8 Å². The Morgan fingerprint density at radius 2 is 1.79 bits per heavy atom. The Kier molecular flexibility index (Phi) is 7.86. The molecule has 1 aromatic carbocycles. The van der Waals surface area contributed by atoms with Crippen LogP contribution in [-0.2, 0) is 20.4 Å². The molecular weight excluding hydrogens is 380 g/mol. The Morgan fingerprint density at radius 1 is 1.18 bits per heavy atom. The highest BCUT2D eigenvalue weighted by molar-refractivity contribution is 7.90. The molecule has 0 bridgehead atoms. The summed E-state index contributed by atoms with van der Waals surface area (Å²) in [5.41, 5.74) is 0.671. The zero-order valence-electron chi connectivity index (χ0n) is 16.6. The molecule has 1 saturated heterocycles. The Labute approximate surface area is 167 Å². The van der Waals surface area contributed by atoms with Crippen molar-refractivity contribution in [1.82, 2.24) is 9.80 Å². The molecule has 156 valence electrons. The molecule has 7 nitrogen and oxygen atoms in total. The lowest BCUT2D eigenvalue weighted by Gasteiger charge is -2.34. The molecule has 1 aliphatic rings. The summed E-state index contributed by atoms with van der Waals surface area (Å²) < 4.78 is 24.9. The van der Waals surface area contributed by atoms with Crippen LogP contribution in [0.15, 0.2) is 30.3 Å². The van der Waals surface area contributed by atoms with Crippen LogP contribution < -0.4 is 0 Å². The molecular formula is C20H30N2O5S. The van der Waals surface area contributed by atoms with E-state index in [-0.39, 0.29) is 17.5 Å². The van der Waals surface area contributed by atoms with Crippen molar-refractivity contribution in [3.8, 4) is 0 Å². The normalized spacial score (nSPS) is 16.6. The van der Waals surface area contributed by atoms with E-state index in [1.165, 1.54) is 0 Å². The van der Waals surface area contributed by atoms with Crippen molar-refractivity contribution in [2.75, 3.05) is 32.9 Å². The molecule has 0 aromatic heterocycles. The second-order valence-corrected chi connectivity index (χ2v) is 9.87. The quantitative estimate of drug-likeness (QED) is 0.710. The lowest BCUT2D eigenvalue weighted by Crippen LogP contribution is -2.43. The highest BCUT2D eigenvalue weighted by Gasteiger charge is 2.28. The van der Waals surface area contributed by atoms with Gasteiger partial charge in [0.05, 0.1) is 17.4 Å². The van der Waals surface area contributed by atoms with Gasteiger partial charge in [0.2, 0.25) is 0 Å². The molecule has 28 heavy (non-hydrogen) atoms. The number of hydrogen-bond acceptors (Lipinski definition) is 4. The number of sulfone groups is 1. The van der Waals surface area contributed by atoms with E-state index in [9.17, 15) is 23.1 Å². The predicted octanol–water partition coefficient (Wildman–Crippen LogP) is 2.48.